The predicted molar refractivity (Wildman–Crippen MR) is 51.6 cm³/mol. The van der Waals surface area contributed by atoms with Crippen molar-refractivity contribution in [2.75, 3.05) is 19.6 Å². The van der Waals surface area contributed by atoms with E-state index in [2.05, 4.69) is 10.6 Å². The molecule has 0 aliphatic carbocycles. The number of hydrogen-bond donors (Lipinski definition) is 3. The Hall–Kier alpha value is -1.27. The van der Waals surface area contributed by atoms with Crippen LogP contribution in [0.15, 0.2) is 6.07 Å². The molecule has 1 aliphatic heterocycles. The largest absolute Gasteiger partial charge is 0.507 e. The van der Waals surface area contributed by atoms with Gasteiger partial charge in [0.2, 0.25) is 0 Å². The molecule has 1 atom stereocenters. The molecule has 2 rings (SSSR count). The highest BCUT2D eigenvalue weighted by atomic mass is 19.2. The summed E-state index contributed by atoms with van der Waals surface area (Å²) in [5, 5.41) is 15.3. The van der Waals surface area contributed by atoms with Crippen molar-refractivity contribution in [2.45, 2.75) is 6.04 Å². The molecule has 1 saturated heterocycles. The summed E-state index contributed by atoms with van der Waals surface area (Å²) in [4.78, 5) is 0. The fraction of sp³-hybridized carbons (Fsp3) is 0.400. The molecular weight excluding hydrogens is 221 g/mol. The number of rotatable bonds is 1. The summed E-state index contributed by atoms with van der Waals surface area (Å²) in [5.41, 5.74) is -0.230. The zero-order valence-electron chi connectivity index (χ0n) is 8.36. The van der Waals surface area contributed by atoms with Gasteiger partial charge in [0, 0.05) is 25.7 Å². The molecule has 0 radical (unpaired) electrons. The minimum Gasteiger partial charge on any atom is -0.507 e. The highest BCUT2D eigenvalue weighted by Crippen LogP contribution is 2.30. The molecule has 0 saturated carbocycles. The number of halogens is 3. The number of phenolic OH excluding ortho intramolecular Hbond substituents is 1. The van der Waals surface area contributed by atoms with Crippen molar-refractivity contribution in [3.63, 3.8) is 0 Å². The van der Waals surface area contributed by atoms with Gasteiger partial charge in [0.15, 0.2) is 17.5 Å². The summed E-state index contributed by atoms with van der Waals surface area (Å²) in [6.45, 7) is 1.64. The van der Waals surface area contributed by atoms with Gasteiger partial charge in [0.1, 0.15) is 5.75 Å². The highest BCUT2D eigenvalue weighted by Gasteiger charge is 2.26. The second kappa shape index (κ2) is 4.31. The molecule has 1 aliphatic rings. The van der Waals surface area contributed by atoms with Crippen LogP contribution in [0.1, 0.15) is 11.6 Å². The van der Waals surface area contributed by atoms with E-state index in [0.717, 1.165) is 0 Å². The van der Waals surface area contributed by atoms with Crippen molar-refractivity contribution in [1.29, 1.82) is 0 Å². The molecule has 1 aromatic rings. The summed E-state index contributed by atoms with van der Waals surface area (Å²) in [6.07, 6.45) is 0. The molecule has 1 fully saturated rings. The van der Waals surface area contributed by atoms with E-state index in [0.29, 0.717) is 25.7 Å². The average Bonchev–Trinajstić information content (AvgIpc) is 2.28. The zero-order valence-corrected chi connectivity index (χ0v) is 8.36. The van der Waals surface area contributed by atoms with Gasteiger partial charge in [0.25, 0.3) is 0 Å². The van der Waals surface area contributed by atoms with Crippen LogP contribution in [-0.4, -0.2) is 24.7 Å². The van der Waals surface area contributed by atoms with Gasteiger partial charge in [0.05, 0.1) is 11.6 Å². The van der Waals surface area contributed by atoms with Crippen LogP contribution in [-0.2, 0) is 0 Å². The van der Waals surface area contributed by atoms with Crippen molar-refractivity contribution in [1.82, 2.24) is 10.6 Å². The first-order valence-electron chi connectivity index (χ1n) is 4.91. The van der Waals surface area contributed by atoms with Crippen molar-refractivity contribution >= 4 is 0 Å². The molecule has 0 bridgehead atoms. The monoisotopic (exact) mass is 232 g/mol. The molecule has 3 N–H and O–H groups in total. The summed E-state index contributed by atoms with van der Waals surface area (Å²) < 4.78 is 39.3. The third-order valence-corrected chi connectivity index (χ3v) is 2.57. The number of hydrogen-bond acceptors (Lipinski definition) is 3. The lowest BCUT2D eigenvalue weighted by Crippen LogP contribution is -2.43. The quantitative estimate of drug-likeness (QED) is 0.634. The Morgan fingerprint density at radius 1 is 1.19 bits per heavy atom. The molecule has 88 valence electrons. The second-order valence-corrected chi connectivity index (χ2v) is 3.63. The maximum atomic E-state index is 13.5. The van der Waals surface area contributed by atoms with E-state index in [4.69, 9.17) is 0 Å². The predicted octanol–water partition coefficient (Wildman–Crippen LogP) is 1.04. The Labute approximate surface area is 90.3 Å². The third-order valence-electron chi connectivity index (χ3n) is 2.57. The Balaban J connectivity index is 2.42. The van der Waals surface area contributed by atoms with Gasteiger partial charge in [-0.1, -0.05) is 0 Å². The Morgan fingerprint density at radius 3 is 2.56 bits per heavy atom. The lowest BCUT2D eigenvalue weighted by atomic mass is 10.0. The lowest BCUT2D eigenvalue weighted by Gasteiger charge is -2.25. The van der Waals surface area contributed by atoms with Crippen LogP contribution >= 0.6 is 0 Å². The van der Waals surface area contributed by atoms with E-state index in [-0.39, 0.29) is 5.56 Å². The molecule has 0 spiro atoms. The minimum atomic E-state index is -1.56. The SMILES string of the molecule is Oc1cc(F)c(F)c(F)c1[C@@H]1CNCCN1. The van der Waals surface area contributed by atoms with Crippen LogP contribution in [0, 0.1) is 17.5 Å². The fourth-order valence-corrected chi connectivity index (χ4v) is 1.79. The van der Waals surface area contributed by atoms with Crippen molar-refractivity contribution in [3.05, 3.63) is 29.1 Å². The van der Waals surface area contributed by atoms with E-state index in [1.807, 2.05) is 0 Å². The molecular formula is C10H11F3N2O. The van der Waals surface area contributed by atoms with Crippen LogP contribution in [0.4, 0.5) is 13.2 Å². The standard InChI is InChI=1S/C10H11F3N2O/c11-5-3-7(16)8(10(13)9(5)12)6-4-14-1-2-15-6/h3,6,14-16H,1-2,4H2/t6-/m0/s1. The van der Waals surface area contributed by atoms with E-state index >= 15 is 0 Å². The van der Waals surface area contributed by atoms with Gasteiger partial charge < -0.3 is 15.7 Å². The summed E-state index contributed by atoms with van der Waals surface area (Å²) in [7, 11) is 0. The summed E-state index contributed by atoms with van der Waals surface area (Å²) in [5.74, 6) is -4.85. The van der Waals surface area contributed by atoms with Gasteiger partial charge in [-0.05, 0) is 0 Å². The number of piperazine rings is 1. The van der Waals surface area contributed by atoms with E-state index in [9.17, 15) is 18.3 Å². The van der Waals surface area contributed by atoms with Crippen LogP contribution < -0.4 is 10.6 Å². The molecule has 3 nitrogen and oxygen atoms in total. The molecule has 1 aromatic carbocycles. The lowest BCUT2D eigenvalue weighted by molar-refractivity contribution is 0.366. The van der Waals surface area contributed by atoms with E-state index < -0.39 is 29.2 Å². The van der Waals surface area contributed by atoms with Crippen LogP contribution in [0.5, 0.6) is 5.75 Å². The maximum absolute atomic E-state index is 13.5. The van der Waals surface area contributed by atoms with Gasteiger partial charge in [-0.2, -0.15) is 0 Å². The number of phenols is 1. The Kier molecular flexibility index (Phi) is 3.02. The van der Waals surface area contributed by atoms with Gasteiger partial charge >= 0.3 is 0 Å². The molecule has 16 heavy (non-hydrogen) atoms. The maximum Gasteiger partial charge on any atom is 0.195 e. The van der Waals surface area contributed by atoms with Gasteiger partial charge in [-0.25, -0.2) is 13.2 Å². The molecule has 0 amide bonds. The first-order valence-corrected chi connectivity index (χ1v) is 4.91. The van der Waals surface area contributed by atoms with Crippen molar-refractivity contribution in [2.24, 2.45) is 0 Å². The Bertz CT molecular complexity index is 406. The highest BCUT2D eigenvalue weighted by molar-refractivity contribution is 5.38. The van der Waals surface area contributed by atoms with Crippen LogP contribution in [0.3, 0.4) is 0 Å². The number of benzene rings is 1. The van der Waals surface area contributed by atoms with Crippen molar-refractivity contribution in [3.8, 4) is 5.75 Å². The minimum absolute atomic E-state index is 0.230. The summed E-state index contributed by atoms with van der Waals surface area (Å²) in [6, 6.07) is 0.0353. The number of aromatic hydroxyl groups is 1. The first kappa shape index (κ1) is 11.2. The molecule has 6 heteroatoms. The Morgan fingerprint density at radius 2 is 1.94 bits per heavy atom. The molecule has 0 unspecified atom stereocenters. The second-order valence-electron chi connectivity index (χ2n) is 3.63. The van der Waals surface area contributed by atoms with E-state index in [1.165, 1.54) is 0 Å². The molecule has 1 heterocycles. The molecule has 0 aromatic heterocycles. The number of nitrogens with one attached hydrogen (secondary N) is 2. The van der Waals surface area contributed by atoms with Gasteiger partial charge in [-0.3, -0.25) is 0 Å². The third kappa shape index (κ3) is 1.85. The van der Waals surface area contributed by atoms with Crippen LogP contribution in [0.2, 0.25) is 0 Å². The fourth-order valence-electron chi connectivity index (χ4n) is 1.79. The van der Waals surface area contributed by atoms with Crippen molar-refractivity contribution < 1.29 is 18.3 Å². The average molecular weight is 232 g/mol. The zero-order chi connectivity index (χ0) is 11.7. The van der Waals surface area contributed by atoms with E-state index in [1.54, 1.807) is 0 Å². The summed E-state index contributed by atoms with van der Waals surface area (Å²) >= 11 is 0. The normalized spacial score (nSPS) is 21.1. The van der Waals surface area contributed by atoms with Crippen LogP contribution in [0.25, 0.3) is 0 Å². The van der Waals surface area contributed by atoms with Gasteiger partial charge in [-0.15, -0.1) is 0 Å². The topological polar surface area (TPSA) is 44.3 Å². The first-order chi connectivity index (χ1) is 7.61. The smallest absolute Gasteiger partial charge is 0.195 e.